The summed E-state index contributed by atoms with van der Waals surface area (Å²) in [5.41, 5.74) is 6.59. The molecule has 1 aromatic carbocycles. The smallest absolute Gasteiger partial charge is 0.147 e. The Hall–Kier alpha value is -1.60. The average Bonchev–Trinajstić information content (AvgIpc) is 2.40. The second-order valence-corrected chi connectivity index (χ2v) is 4.70. The van der Waals surface area contributed by atoms with E-state index in [2.05, 4.69) is 4.90 Å². The molecule has 0 spiro atoms. The van der Waals surface area contributed by atoms with Crippen LogP contribution < -0.4 is 10.6 Å². The molecule has 1 saturated heterocycles. The van der Waals surface area contributed by atoms with Crippen molar-refractivity contribution in [3.8, 4) is 6.07 Å². The molecule has 0 aromatic heterocycles. The number of hydrogen-bond acceptors (Lipinski definition) is 3. The summed E-state index contributed by atoms with van der Waals surface area (Å²) in [6, 6.07) is 6.97. The van der Waals surface area contributed by atoms with E-state index in [-0.39, 0.29) is 5.82 Å². The molecule has 0 saturated carbocycles. The zero-order chi connectivity index (χ0) is 13.0. The Morgan fingerprint density at radius 3 is 2.94 bits per heavy atom. The Labute approximate surface area is 107 Å². The van der Waals surface area contributed by atoms with Gasteiger partial charge in [0.15, 0.2) is 0 Å². The van der Waals surface area contributed by atoms with Crippen molar-refractivity contribution >= 4 is 5.69 Å². The summed E-state index contributed by atoms with van der Waals surface area (Å²) >= 11 is 0. The lowest BCUT2D eigenvalue weighted by Gasteiger charge is -2.37. The molecule has 1 atom stereocenters. The molecule has 0 radical (unpaired) electrons. The number of nitrogens with two attached hydrogens (primary N) is 1. The highest BCUT2D eigenvalue weighted by Crippen LogP contribution is 2.28. The largest absolute Gasteiger partial charge is 0.366 e. The second-order valence-electron chi connectivity index (χ2n) is 4.70. The Bertz CT molecular complexity index is 451. The molecule has 0 aliphatic carbocycles. The van der Waals surface area contributed by atoms with E-state index in [0.29, 0.717) is 23.8 Å². The van der Waals surface area contributed by atoms with Gasteiger partial charge in [-0.25, -0.2) is 4.39 Å². The second kappa shape index (κ2) is 5.83. The van der Waals surface area contributed by atoms with Gasteiger partial charge >= 0.3 is 0 Å². The Morgan fingerprint density at radius 2 is 2.28 bits per heavy atom. The molecule has 1 heterocycles. The van der Waals surface area contributed by atoms with Crippen LogP contribution in [0, 0.1) is 17.1 Å². The first-order valence-corrected chi connectivity index (χ1v) is 6.42. The minimum absolute atomic E-state index is 0.307. The first-order chi connectivity index (χ1) is 8.76. The van der Waals surface area contributed by atoms with Crippen molar-refractivity contribution in [2.24, 2.45) is 5.73 Å². The summed E-state index contributed by atoms with van der Waals surface area (Å²) in [7, 11) is 0. The summed E-state index contributed by atoms with van der Waals surface area (Å²) in [5.74, 6) is -0.307. The maximum Gasteiger partial charge on any atom is 0.147 e. The Kier molecular flexibility index (Phi) is 4.16. The minimum atomic E-state index is -0.307. The number of halogens is 1. The molecular weight excluding hydrogens is 229 g/mol. The molecule has 96 valence electrons. The van der Waals surface area contributed by atoms with E-state index in [9.17, 15) is 4.39 Å². The van der Waals surface area contributed by atoms with E-state index in [1.54, 1.807) is 12.1 Å². The summed E-state index contributed by atoms with van der Waals surface area (Å²) in [5, 5.41) is 8.75. The molecular formula is C14H18FN3. The highest BCUT2D eigenvalue weighted by atomic mass is 19.1. The molecule has 1 aliphatic heterocycles. The van der Waals surface area contributed by atoms with E-state index in [0.717, 1.165) is 25.8 Å². The highest BCUT2D eigenvalue weighted by Gasteiger charge is 2.24. The molecule has 3 nitrogen and oxygen atoms in total. The SMILES string of the molecule is N#Cc1ccc(N2CCCCC2CCN)c(F)c1. The monoisotopic (exact) mass is 247 g/mol. The van der Waals surface area contributed by atoms with Crippen LogP contribution in [0.2, 0.25) is 0 Å². The third kappa shape index (κ3) is 2.62. The van der Waals surface area contributed by atoms with Crippen LogP contribution in [0.3, 0.4) is 0 Å². The average molecular weight is 247 g/mol. The Balaban J connectivity index is 2.25. The predicted molar refractivity (Wildman–Crippen MR) is 69.8 cm³/mol. The standard InChI is InChI=1S/C14H18FN3/c15-13-9-11(10-17)4-5-14(13)18-8-2-1-3-12(18)6-7-16/h4-5,9,12H,1-3,6-8,16H2. The number of nitrogens with zero attached hydrogens (tertiary/aromatic N) is 2. The summed E-state index contributed by atoms with van der Waals surface area (Å²) in [6.45, 7) is 1.49. The van der Waals surface area contributed by atoms with Crippen LogP contribution >= 0.6 is 0 Å². The van der Waals surface area contributed by atoms with E-state index >= 15 is 0 Å². The number of rotatable bonds is 3. The van der Waals surface area contributed by atoms with Crippen molar-refractivity contribution in [2.45, 2.75) is 31.7 Å². The maximum absolute atomic E-state index is 14.0. The number of piperidine rings is 1. The van der Waals surface area contributed by atoms with Gasteiger partial charge in [-0.15, -0.1) is 0 Å². The van der Waals surface area contributed by atoms with Crippen LogP contribution in [0.25, 0.3) is 0 Å². The van der Waals surface area contributed by atoms with Gasteiger partial charge in [0.05, 0.1) is 17.3 Å². The quantitative estimate of drug-likeness (QED) is 0.892. The fourth-order valence-corrected chi connectivity index (χ4v) is 2.62. The number of anilines is 1. The van der Waals surface area contributed by atoms with Crippen LogP contribution in [-0.4, -0.2) is 19.1 Å². The highest BCUT2D eigenvalue weighted by molar-refractivity contribution is 5.52. The van der Waals surface area contributed by atoms with Crippen LogP contribution in [0.1, 0.15) is 31.2 Å². The third-order valence-electron chi connectivity index (χ3n) is 3.51. The fraction of sp³-hybridized carbons (Fsp3) is 0.500. The number of benzene rings is 1. The van der Waals surface area contributed by atoms with Crippen LogP contribution in [0.4, 0.5) is 10.1 Å². The van der Waals surface area contributed by atoms with Gasteiger partial charge in [0.25, 0.3) is 0 Å². The zero-order valence-corrected chi connectivity index (χ0v) is 10.4. The molecule has 0 bridgehead atoms. The molecule has 4 heteroatoms. The first-order valence-electron chi connectivity index (χ1n) is 6.42. The van der Waals surface area contributed by atoms with Gasteiger partial charge in [0.2, 0.25) is 0 Å². The zero-order valence-electron chi connectivity index (χ0n) is 10.4. The van der Waals surface area contributed by atoms with E-state index < -0.39 is 0 Å². The molecule has 2 N–H and O–H groups in total. The topological polar surface area (TPSA) is 53.0 Å². The fourth-order valence-electron chi connectivity index (χ4n) is 2.62. The first kappa shape index (κ1) is 12.8. The maximum atomic E-state index is 14.0. The summed E-state index contributed by atoms with van der Waals surface area (Å²) in [4.78, 5) is 2.10. The molecule has 2 rings (SSSR count). The van der Waals surface area contributed by atoms with E-state index in [1.807, 2.05) is 6.07 Å². The number of hydrogen-bond donors (Lipinski definition) is 1. The van der Waals surface area contributed by atoms with Gasteiger partial charge in [-0.3, -0.25) is 0 Å². The normalized spacial score (nSPS) is 19.6. The lowest BCUT2D eigenvalue weighted by atomic mass is 9.98. The van der Waals surface area contributed by atoms with E-state index in [4.69, 9.17) is 11.0 Å². The van der Waals surface area contributed by atoms with Crippen molar-refractivity contribution in [1.29, 1.82) is 5.26 Å². The van der Waals surface area contributed by atoms with Crippen LogP contribution in [0.15, 0.2) is 18.2 Å². The van der Waals surface area contributed by atoms with Gasteiger partial charge in [0, 0.05) is 12.6 Å². The van der Waals surface area contributed by atoms with E-state index in [1.165, 1.54) is 12.5 Å². The third-order valence-corrected chi connectivity index (χ3v) is 3.51. The summed E-state index contributed by atoms with van der Waals surface area (Å²) < 4.78 is 14.0. The van der Waals surface area contributed by atoms with Crippen molar-refractivity contribution in [2.75, 3.05) is 18.0 Å². The minimum Gasteiger partial charge on any atom is -0.366 e. The van der Waals surface area contributed by atoms with Crippen LogP contribution in [-0.2, 0) is 0 Å². The van der Waals surface area contributed by atoms with Gasteiger partial charge in [-0.05, 0) is 50.4 Å². The summed E-state index contributed by atoms with van der Waals surface area (Å²) in [6.07, 6.45) is 4.22. The lowest BCUT2D eigenvalue weighted by molar-refractivity contribution is 0.435. The van der Waals surface area contributed by atoms with Gasteiger partial charge in [-0.1, -0.05) is 0 Å². The van der Waals surface area contributed by atoms with Gasteiger partial charge < -0.3 is 10.6 Å². The Morgan fingerprint density at radius 1 is 1.44 bits per heavy atom. The molecule has 0 amide bonds. The molecule has 18 heavy (non-hydrogen) atoms. The van der Waals surface area contributed by atoms with Crippen molar-refractivity contribution in [3.05, 3.63) is 29.6 Å². The van der Waals surface area contributed by atoms with Gasteiger partial charge in [-0.2, -0.15) is 5.26 Å². The number of nitriles is 1. The van der Waals surface area contributed by atoms with Gasteiger partial charge in [0.1, 0.15) is 5.82 Å². The van der Waals surface area contributed by atoms with Crippen molar-refractivity contribution in [3.63, 3.8) is 0 Å². The predicted octanol–water partition coefficient (Wildman–Crippen LogP) is 2.41. The van der Waals surface area contributed by atoms with Crippen molar-refractivity contribution < 1.29 is 4.39 Å². The van der Waals surface area contributed by atoms with Crippen LogP contribution in [0.5, 0.6) is 0 Å². The lowest BCUT2D eigenvalue weighted by Crippen LogP contribution is -2.41. The molecule has 1 unspecified atom stereocenters. The molecule has 1 fully saturated rings. The molecule has 1 aromatic rings. The molecule has 1 aliphatic rings. The van der Waals surface area contributed by atoms with Crippen molar-refractivity contribution in [1.82, 2.24) is 0 Å².